The molecule has 2 aromatic carbocycles. The van der Waals surface area contributed by atoms with E-state index in [9.17, 15) is 9.18 Å². The molecule has 0 aliphatic carbocycles. The molecule has 0 aliphatic rings. The lowest BCUT2D eigenvalue weighted by molar-refractivity contribution is 0.0911. The monoisotopic (exact) mass is 520 g/mol. The van der Waals surface area contributed by atoms with Crippen molar-refractivity contribution in [3.8, 4) is 11.4 Å². The van der Waals surface area contributed by atoms with Crippen molar-refractivity contribution >= 4 is 28.4 Å². The maximum absolute atomic E-state index is 14.3. The van der Waals surface area contributed by atoms with Crippen molar-refractivity contribution in [3.05, 3.63) is 94.6 Å². The number of ether oxygens (including phenoxy) is 1. The van der Waals surface area contributed by atoms with E-state index >= 15 is 0 Å². The summed E-state index contributed by atoms with van der Waals surface area (Å²) < 4.78 is 27.3. The standard InChI is InChI=1S/C26H22ClFN6O3/c1-14-7-22(34-16(3)30-12-31-34)18-5-4-6-23(25(18)32-14)36-11-20-19(8-17(28)9-21(20)27)15(2)33-26(35)24-10-29-13-37-24/h4-10,12-13,15H,11H2,1-3H3,(H,33,35)/t15-/m0/s1. The molecule has 0 saturated carbocycles. The fourth-order valence-electron chi connectivity index (χ4n) is 4.14. The van der Waals surface area contributed by atoms with Crippen molar-refractivity contribution in [1.29, 1.82) is 0 Å². The van der Waals surface area contributed by atoms with E-state index in [1.54, 1.807) is 17.7 Å². The summed E-state index contributed by atoms with van der Waals surface area (Å²) in [5, 5.41) is 8.12. The van der Waals surface area contributed by atoms with Gasteiger partial charge in [-0.1, -0.05) is 23.7 Å². The van der Waals surface area contributed by atoms with Gasteiger partial charge in [0.15, 0.2) is 6.39 Å². The number of benzene rings is 2. The first-order valence-electron chi connectivity index (χ1n) is 11.4. The molecule has 188 valence electrons. The molecule has 3 heterocycles. The van der Waals surface area contributed by atoms with Gasteiger partial charge in [-0.05, 0) is 50.6 Å². The second-order valence-corrected chi connectivity index (χ2v) is 8.87. The molecule has 0 spiro atoms. The smallest absolute Gasteiger partial charge is 0.289 e. The maximum Gasteiger partial charge on any atom is 0.289 e. The Labute approximate surface area is 216 Å². The minimum absolute atomic E-state index is 0.0172. The SMILES string of the molecule is Cc1cc(-n2ncnc2C)c2cccc(OCc3c(Cl)cc(F)cc3[C@H](C)NC(=O)c3cnco3)c2n1. The van der Waals surface area contributed by atoms with Gasteiger partial charge in [-0.25, -0.2) is 24.0 Å². The molecule has 3 aromatic heterocycles. The zero-order valence-electron chi connectivity index (χ0n) is 20.2. The van der Waals surface area contributed by atoms with Gasteiger partial charge in [0.1, 0.15) is 35.8 Å². The average molecular weight is 521 g/mol. The fourth-order valence-corrected chi connectivity index (χ4v) is 4.41. The van der Waals surface area contributed by atoms with Crippen LogP contribution in [0.1, 0.15) is 46.2 Å². The summed E-state index contributed by atoms with van der Waals surface area (Å²) in [7, 11) is 0. The largest absolute Gasteiger partial charge is 0.487 e. The number of aryl methyl sites for hydroxylation is 2. The van der Waals surface area contributed by atoms with E-state index in [1.807, 2.05) is 32.0 Å². The van der Waals surface area contributed by atoms with E-state index in [4.69, 9.17) is 25.7 Å². The molecule has 0 radical (unpaired) electrons. The minimum Gasteiger partial charge on any atom is -0.487 e. The first-order chi connectivity index (χ1) is 17.8. The van der Waals surface area contributed by atoms with Crippen LogP contribution in [0.25, 0.3) is 16.6 Å². The van der Waals surface area contributed by atoms with Crippen LogP contribution < -0.4 is 10.1 Å². The Morgan fingerprint density at radius 3 is 2.84 bits per heavy atom. The summed E-state index contributed by atoms with van der Waals surface area (Å²) in [5.74, 6) is 0.289. The lowest BCUT2D eigenvalue weighted by Gasteiger charge is -2.20. The highest BCUT2D eigenvalue weighted by Crippen LogP contribution is 2.32. The van der Waals surface area contributed by atoms with Gasteiger partial charge in [0.05, 0.1) is 22.9 Å². The maximum atomic E-state index is 14.3. The van der Waals surface area contributed by atoms with Crippen LogP contribution in [0.5, 0.6) is 5.75 Å². The van der Waals surface area contributed by atoms with Crippen molar-refractivity contribution < 1.29 is 18.3 Å². The Morgan fingerprint density at radius 2 is 2.11 bits per heavy atom. The van der Waals surface area contributed by atoms with Gasteiger partial charge < -0.3 is 14.5 Å². The number of amides is 1. The number of carbonyl (C=O) groups is 1. The van der Waals surface area contributed by atoms with Crippen molar-refractivity contribution in [2.45, 2.75) is 33.4 Å². The number of rotatable bonds is 7. The van der Waals surface area contributed by atoms with Crippen molar-refractivity contribution in [1.82, 2.24) is 30.0 Å². The van der Waals surface area contributed by atoms with Crippen molar-refractivity contribution in [2.24, 2.45) is 0 Å². The molecule has 0 aliphatic heterocycles. The van der Waals surface area contributed by atoms with Crippen LogP contribution in [0.3, 0.4) is 0 Å². The van der Waals surface area contributed by atoms with Crippen LogP contribution in [-0.4, -0.2) is 30.6 Å². The number of nitrogens with one attached hydrogen (secondary N) is 1. The lowest BCUT2D eigenvalue weighted by atomic mass is 10.0. The van der Waals surface area contributed by atoms with Gasteiger partial charge in [-0.2, -0.15) is 5.10 Å². The molecule has 1 N–H and O–H groups in total. The number of para-hydroxylation sites is 1. The number of carbonyl (C=O) groups excluding carboxylic acids is 1. The van der Waals surface area contributed by atoms with E-state index in [0.29, 0.717) is 22.4 Å². The van der Waals surface area contributed by atoms with Crippen LogP contribution in [0.4, 0.5) is 4.39 Å². The molecule has 11 heteroatoms. The van der Waals surface area contributed by atoms with E-state index in [0.717, 1.165) is 29.0 Å². The minimum atomic E-state index is -0.598. The van der Waals surface area contributed by atoms with Crippen molar-refractivity contribution in [3.63, 3.8) is 0 Å². The van der Waals surface area contributed by atoms with Gasteiger partial charge in [0, 0.05) is 16.6 Å². The fraction of sp³-hybridized carbons (Fsp3) is 0.192. The number of fused-ring (bicyclic) bond motifs is 1. The number of pyridine rings is 1. The molecule has 5 aromatic rings. The van der Waals surface area contributed by atoms with Gasteiger partial charge in [0.25, 0.3) is 5.91 Å². The summed E-state index contributed by atoms with van der Waals surface area (Å²) >= 11 is 6.44. The molecular weight excluding hydrogens is 499 g/mol. The molecule has 9 nitrogen and oxygen atoms in total. The van der Waals surface area contributed by atoms with E-state index in [-0.39, 0.29) is 17.4 Å². The van der Waals surface area contributed by atoms with Crippen LogP contribution in [-0.2, 0) is 6.61 Å². The Balaban J connectivity index is 1.48. The normalized spacial score (nSPS) is 12.0. The molecule has 1 atom stereocenters. The second kappa shape index (κ2) is 9.98. The molecule has 0 fully saturated rings. The highest BCUT2D eigenvalue weighted by atomic mass is 35.5. The van der Waals surface area contributed by atoms with Crippen LogP contribution in [0.2, 0.25) is 5.02 Å². The molecule has 0 saturated heterocycles. The average Bonchev–Trinajstić information content (AvgIpc) is 3.55. The Morgan fingerprint density at radius 1 is 1.27 bits per heavy atom. The summed E-state index contributed by atoms with van der Waals surface area (Å²) in [6.07, 6.45) is 3.96. The number of halogens is 2. The Kier molecular flexibility index (Phi) is 6.58. The molecule has 1 amide bonds. The van der Waals surface area contributed by atoms with E-state index in [1.165, 1.54) is 24.7 Å². The number of hydrogen-bond acceptors (Lipinski definition) is 7. The van der Waals surface area contributed by atoms with Gasteiger partial charge in [0.2, 0.25) is 5.76 Å². The zero-order valence-corrected chi connectivity index (χ0v) is 21.0. The molecule has 0 unspecified atom stereocenters. The summed E-state index contributed by atoms with van der Waals surface area (Å²) in [6.45, 7) is 5.50. The molecule has 37 heavy (non-hydrogen) atoms. The first-order valence-corrected chi connectivity index (χ1v) is 11.8. The number of oxazole rings is 1. The van der Waals surface area contributed by atoms with Gasteiger partial charge in [-0.3, -0.25) is 4.79 Å². The molecule has 5 rings (SSSR count). The predicted molar refractivity (Wildman–Crippen MR) is 134 cm³/mol. The van der Waals surface area contributed by atoms with Crippen LogP contribution in [0, 0.1) is 19.7 Å². The number of nitrogens with zero attached hydrogens (tertiary/aromatic N) is 5. The zero-order chi connectivity index (χ0) is 26.1. The van der Waals surface area contributed by atoms with Gasteiger partial charge >= 0.3 is 0 Å². The molecular formula is C26H22ClFN6O3. The highest BCUT2D eigenvalue weighted by Gasteiger charge is 2.21. The third-order valence-corrected chi connectivity index (χ3v) is 6.23. The molecule has 0 bridgehead atoms. The first kappa shape index (κ1) is 24.4. The number of aromatic nitrogens is 5. The van der Waals surface area contributed by atoms with Gasteiger partial charge in [-0.15, -0.1) is 0 Å². The topological polar surface area (TPSA) is 108 Å². The Bertz CT molecular complexity index is 1600. The lowest BCUT2D eigenvalue weighted by Crippen LogP contribution is -2.27. The highest BCUT2D eigenvalue weighted by molar-refractivity contribution is 6.31. The quantitative estimate of drug-likeness (QED) is 0.311. The van der Waals surface area contributed by atoms with E-state index < -0.39 is 17.8 Å². The second-order valence-electron chi connectivity index (χ2n) is 8.46. The summed E-state index contributed by atoms with van der Waals surface area (Å²) in [5.41, 5.74) is 3.25. The van der Waals surface area contributed by atoms with E-state index in [2.05, 4.69) is 20.4 Å². The van der Waals surface area contributed by atoms with Crippen molar-refractivity contribution in [2.75, 3.05) is 0 Å². The predicted octanol–water partition coefficient (Wildman–Crippen LogP) is 5.28. The third kappa shape index (κ3) is 4.88. The Hall–Kier alpha value is -4.31. The number of hydrogen-bond donors (Lipinski definition) is 1. The summed E-state index contributed by atoms with van der Waals surface area (Å²) in [6, 6.07) is 9.47. The summed E-state index contributed by atoms with van der Waals surface area (Å²) in [4.78, 5) is 25.1. The third-order valence-electron chi connectivity index (χ3n) is 5.89. The van der Waals surface area contributed by atoms with Crippen LogP contribution >= 0.6 is 11.6 Å². The van der Waals surface area contributed by atoms with Crippen LogP contribution in [0.15, 0.2) is 59.7 Å².